The molecular formula is C32H34. The van der Waals surface area contributed by atoms with Crippen LogP contribution in [0, 0.1) is 0 Å². The Morgan fingerprint density at radius 2 is 1.19 bits per heavy atom. The molecule has 0 spiro atoms. The van der Waals surface area contributed by atoms with Gasteiger partial charge in [0.25, 0.3) is 0 Å². The van der Waals surface area contributed by atoms with E-state index in [-0.39, 0.29) is 0 Å². The lowest BCUT2D eigenvalue weighted by Gasteiger charge is -2.20. The molecule has 0 saturated heterocycles. The number of benzene rings is 2. The highest BCUT2D eigenvalue weighted by Gasteiger charge is 2.17. The SMILES string of the molecule is C=C/C=C(\C(=C/C)c1ccccc1C(=C/C)/C(=C\C)C(/C=C\C)=C/C=C)c1ccccc1. The highest BCUT2D eigenvalue weighted by Crippen LogP contribution is 2.38. The summed E-state index contributed by atoms with van der Waals surface area (Å²) in [5, 5.41) is 0. The van der Waals surface area contributed by atoms with Gasteiger partial charge < -0.3 is 0 Å². The largest absolute Gasteiger partial charge is 0.0990 e. The first kappa shape index (κ1) is 24.6. The van der Waals surface area contributed by atoms with Crippen LogP contribution in [0.5, 0.6) is 0 Å². The Kier molecular flexibility index (Phi) is 9.94. The molecule has 0 heteroatoms. The third kappa shape index (κ3) is 5.74. The summed E-state index contributed by atoms with van der Waals surface area (Å²) in [4.78, 5) is 0. The van der Waals surface area contributed by atoms with E-state index >= 15 is 0 Å². The Labute approximate surface area is 194 Å². The third-order valence-corrected chi connectivity index (χ3v) is 5.28. The molecule has 32 heavy (non-hydrogen) atoms. The molecule has 0 aliphatic carbocycles. The Morgan fingerprint density at radius 1 is 0.625 bits per heavy atom. The van der Waals surface area contributed by atoms with E-state index < -0.39 is 0 Å². The van der Waals surface area contributed by atoms with Gasteiger partial charge in [0, 0.05) is 0 Å². The minimum atomic E-state index is 1.14. The van der Waals surface area contributed by atoms with E-state index in [4.69, 9.17) is 0 Å². The average molecular weight is 419 g/mol. The second-order valence-electron chi connectivity index (χ2n) is 7.19. The first-order valence-electron chi connectivity index (χ1n) is 11.1. The van der Waals surface area contributed by atoms with Crippen LogP contribution in [0.2, 0.25) is 0 Å². The van der Waals surface area contributed by atoms with Crippen LogP contribution >= 0.6 is 0 Å². The van der Waals surface area contributed by atoms with Crippen molar-refractivity contribution in [2.24, 2.45) is 0 Å². The van der Waals surface area contributed by atoms with Crippen molar-refractivity contribution in [2.45, 2.75) is 27.7 Å². The van der Waals surface area contributed by atoms with Crippen LogP contribution in [0.3, 0.4) is 0 Å². The van der Waals surface area contributed by atoms with Gasteiger partial charge in [-0.05, 0) is 72.3 Å². The van der Waals surface area contributed by atoms with Crippen LogP contribution in [0.1, 0.15) is 44.4 Å². The summed E-state index contributed by atoms with van der Waals surface area (Å²) in [7, 11) is 0. The van der Waals surface area contributed by atoms with Gasteiger partial charge in [0.05, 0.1) is 0 Å². The van der Waals surface area contributed by atoms with Crippen molar-refractivity contribution in [2.75, 3.05) is 0 Å². The predicted molar refractivity (Wildman–Crippen MR) is 145 cm³/mol. The van der Waals surface area contributed by atoms with Gasteiger partial charge in [-0.25, -0.2) is 0 Å². The summed E-state index contributed by atoms with van der Waals surface area (Å²) in [5.41, 5.74) is 9.41. The van der Waals surface area contributed by atoms with Gasteiger partial charge in [-0.2, -0.15) is 0 Å². The number of rotatable bonds is 9. The minimum absolute atomic E-state index is 1.14. The summed E-state index contributed by atoms with van der Waals surface area (Å²) in [5.74, 6) is 0. The maximum Gasteiger partial charge on any atom is -0.0102 e. The molecule has 0 amide bonds. The van der Waals surface area contributed by atoms with Gasteiger partial charge in [-0.15, -0.1) is 0 Å². The Bertz CT molecular complexity index is 1110. The maximum atomic E-state index is 3.97. The number of allylic oxidation sites excluding steroid dienone is 14. The van der Waals surface area contributed by atoms with E-state index in [0.717, 1.165) is 11.1 Å². The van der Waals surface area contributed by atoms with Gasteiger partial charge in [0.2, 0.25) is 0 Å². The molecule has 2 rings (SSSR count). The summed E-state index contributed by atoms with van der Waals surface area (Å²) in [6.45, 7) is 16.2. The minimum Gasteiger partial charge on any atom is -0.0990 e. The molecule has 0 heterocycles. The zero-order chi connectivity index (χ0) is 23.3. The standard InChI is InChI=1S/C32H34/c1-7-18-25(19-8-2)27(10-4)28(11-5)31-23-16-17-24-32(31)29(12-6)30(20-9-3)26-21-14-13-15-22-26/h7-24H,1,3H2,2,4-6H3/b19-8-,25-18+,27-10-,28-11+,29-12+,30-20-. The number of hydrogen-bond donors (Lipinski definition) is 0. The molecular weight excluding hydrogens is 384 g/mol. The topological polar surface area (TPSA) is 0 Å². The van der Waals surface area contributed by atoms with Gasteiger partial charge in [-0.1, -0.05) is 122 Å². The smallest absolute Gasteiger partial charge is 0.0102 e. The second-order valence-corrected chi connectivity index (χ2v) is 7.19. The summed E-state index contributed by atoms with van der Waals surface area (Å²) in [6, 6.07) is 19.1. The van der Waals surface area contributed by atoms with Gasteiger partial charge in [0.15, 0.2) is 0 Å². The normalized spacial score (nSPS) is 14.1. The molecule has 2 aromatic carbocycles. The fourth-order valence-electron chi connectivity index (χ4n) is 3.96. The number of hydrogen-bond acceptors (Lipinski definition) is 0. The van der Waals surface area contributed by atoms with Crippen LogP contribution in [0.25, 0.3) is 16.7 Å². The Hall–Kier alpha value is -3.64. The molecule has 0 aliphatic heterocycles. The predicted octanol–water partition coefficient (Wildman–Crippen LogP) is 9.40. The molecule has 0 fully saturated rings. The zero-order valence-electron chi connectivity index (χ0n) is 19.8. The molecule has 2 aromatic rings. The molecule has 0 atom stereocenters. The van der Waals surface area contributed by atoms with E-state index in [1.807, 2.05) is 25.1 Å². The average Bonchev–Trinajstić information content (AvgIpc) is 2.83. The third-order valence-electron chi connectivity index (χ3n) is 5.28. The molecule has 0 unspecified atom stereocenters. The van der Waals surface area contributed by atoms with Crippen LogP contribution in [0.15, 0.2) is 134 Å². The van der Waals surface area contributed by atoms with E-state index in [9.17, 15) is 0 Å². The summed E-state index contributed by atoms with van der Waals surface area (Å²) >= 11 is 0. The van der Waals surface area contributed by atoms with E-state index in [0.29, 0.717) is 0 Å². The van der Waals surface area contributed by atoms with Crippen molar-refractivity contribution in [1.82, 2.24) is 0 Å². The molecule has 0 N–H and O–H groups in total. The van der Waals surface area contributed by atoms with E-state index in [2.05, 4.69) is 125 Å². The fraction of sp³-hybridized carbons (Fsp3) is 0.125. The first-order chi connectivity index (χ1) is 15.7. The van der Waals surface area contributed by atoms with Crippen molar-refractivity contribution >= 4 is 16.7 Å². The molecule has 0 nitrogen and oxygen atoms in total. The quantitative estimate of drug-likeness (QED) is 0.356. The zero-order valence-corrected chi connectivity index (χ0v) is 19.8. The van der Waals surface area contributed by atoms with Crippen molar-refractivity contribution in [3.63, 3.8) is 0 Å². The van der Waals surface area contributed by atoms with E-state index in [1.165, 1.54) is 33.4 Å². The molecule has 0 aromatic heterocycles. The maximum absolute atomic E-state index is 3.97. The van der Waals surface area contributed by atoms with Crippen LogP contribution in [0.4, 0.5) is 0 Å². The van der Waals surface area contributed by atoms with Crippen molar-refractivity contribution < 1.29 is 0 Å². The van der Waals surface area contributed by atoms with Crippen LogP contribution in [-0.4, -0.2) is 0 Å². The summed E-state index contributed by atoms with van der Waals surface area (Å²) in [6.07, 6.45) is 18.6. The molecule has 0 bridgehead atoms. The van der Waals surface area contributed by atoms with Crippen molar-refractivity contribution in [3.8, 4) is 0 Å². The molecule has 162 valence electrons. The van der Waals surface area contributed by atoms with Gasteiger partial charge >= 0.3 is 0 Å². The lowest BCUT2D eigenvalue weighted by Crippen LogP contribution is -2.00. The molecule has 0 aliphatic rings. The van der Waals surface area contributed by atoms with Gasteiger partial charge in [-0.3, -0.25) is 0 Å². The summed E-state index contributed by atoms with van der Waals surface area (Å²) < 4.78 is 0. The van der Waals surface area contributed by atoms with Crippen molar-refractivity contribution in [3.05, 3.63) is 150 Å². The lowest BCUT2D eigenvalue weighted by atomic mass is 9.83. The Morgan fingerprint density at radius 3 is 1.69 bits per heavy atom. The second kappa shape index (κ2) is 12.9. The molecule has 0 radical (unpaired) electrons. The lowest BCUT2D eigenvalue weighted by molar-refractivity contribution is 1.44. The highest BCUT2D eigenvalue weighted by atomic mass is 14.2. The molecule has 0 saturated carbocycles. The van der Waals surface area contributed by atoms with Gasteiger partial charge in [0.1, 0.15) is 0 Å². The van der Waals surface area contributed by atoms with Crippen LogP contribution < -0.4 is 0 Å². The fourth-order valence-corrected chi connectivity index (χ4v) is 3.96. The monoisotopic (exact) mass is 418 g/mol. The van der Waals surface area contributed by atoms with E-state index in [1.54, 1.807) is 0 Å². The van der Waals surface area contributed by atoms with Crippen molar-refractivity contribution in [1.29, 1.82) is 0 Å². The van der Waals surface area contributed by atoms with Crippen LogP contribution in [-0.2, 0) is 0 Å². The first-order valence-corrected chi connectivity index (χ1v) is 11.1. The highest BCUT2D eigenvalue weighted by molar-refractivity contribution is 6.08. The Balaban J connectivity index is 2.74.